The van der Waals surface area contributed by atoms with Gasteiger partial charge in [0, 0.05) is 11.6 Å². The number of aromatic nitrogens is 1. The molecule has 0 aliphatic carbocycles. The average molecular weight is 284 g/mol. The number of aryl methyl sites for hydroxylation is 1. The molecular formula is C13H20N2O3S. The van der Waals surface area contributed by atoms with E-state index in [0.29, 0.717) is 12.0 Å². The Morgan fingerprint density at radius 2 is 2.05 bits per heavy atom. The van der Waals surface area contributed by atoms with Gasteiger partial charge in [0.05, 0.1) is 0 Å². The fourth-order valence-corrected chi connectivity index (χ4v) is 3.11. The number of sulfonamides is 1. The van der Waals surface area contributed by atoms with Crippen molar-refractivity contribution >= 4 is 15.9 Å². The first-order valence-electron chi connectivity index (χ1n) is 6.19. The first-order chi connectivity index (χ1) is 8.70. The van der Waals surface area contributed by atoms with Gasteiger partial charge in [-0.05, 0) is 25.0 Å². The summed E-state index contributed by atoms with van der Waals surface area (Å²) >= 11 is 0. The minimum Gasteiger partial charge on any atom is -0.273 e. The van der Waals surface area contributed by atoms with Crippen molar-refractivity contribution in [3.8, 4) is 0 Å². The van der Waals surface area contributed by atoms with E-state index in [0.717, 1.165) is 6.42 Å². The second-order valence-corrected chi connectivity index (χ2v) is 6.79. The van der Waals surface area contributed by atoms with Gasteiger partial charge in [0.25, 0.3) is 10.0 Å². The Labute approximate surface area is 114 Å². The number of rotatable bonds is 5. The highest BCUT2D eigenvalue weighted by Crippen LogP contribution is 2.23. The van der Waals surface area contributed by atoms with Crippen molar-refractivity contribution in [2.24, 2.45) is 5.41 Å². The number of pyridine rings is 1. The summed E-state index contributed by atoms with van der Waals surface area (Å²) in [6, 6.07) is 3.29. The maximum absolute atomic E-state index is 12.1. The Kier molecular flexibility index (Phi) is 4.68. The summed E-state index contributed by atoms with van der Waals surface area (Å²) in [5, 5.41) is -0.101. The van der Waals surface area contributed by atoms with Crippen LogP contribution in [0.15, 0.2) is 23.4 Å². The molecule has 0 aliphatic rings. The first kappa shape index (κ1) is 15.6. The zero-order valence-electron chi connectivity index (χ0n) is 11.7. The summed E-state index contributed by atoms with van der Waals surface area (Å²) in [5.41, 5.74) is -0.207. The lowest BCUT2D eigenvalue weighted by atomic mass is 9.87. The quantitative estimate of drug-likeness (QED) is 0.897. The van der Waals surface area contributed by atoms with Gasteiger partial charge < -0.3 is 0 Å². The lowest BCUT2D eigenvalue weighted by Crippen LogP contribution is -2.40. The number of nitrogens with one attached hydrogen (secondary N) is 1. The van der Waals surface area contributed by atoms with E-state index in [4.69, 9.17) is 0 Å². The molecule has 1 amide bonds. The molecule has 0 spiro atoms. The minimum atomic E-state index is -3.90. The third-order valence-corrected chi connectivity index (χ3v) is 4.32. The van der Waals surface area contributed by atoms with Crippen LogP contribution in [0.25, 0.3) is 0 Å². The van der Waals surface area contributed by atoms with E-state index in [9.17, 15) is 13.2 Å². The molecule has 0 saturated carbocycles. The van der Waals surface area contributed by atoms with Gasteiger partial charge in [0.2, 0.25) is 5.91 Å². The molecule has 0 saturated heterocycles. The van der Waals surface area contributed by atoms with Gasteiger partial charge in [0.1, 0.15) is 0 Å². The zero-order valence-corrected chi connectivity index (χ0v) is 12.5. The third-order valence-electron chi connectivity index (χ3n) is 2.93. The van der Waals surface area contributed by atoms with Crippen molar-refractivity contribution in [1.82, 2.24) is 9.71 Å². The Bertz CT molecular complexity index is 565. The largest absolute Gasteiger partial charge is 0.281 e. The maximum Gasteiger partial charge on any atom is 0.281 e. The number of carbonyl (C=O) groups excluding carboxylic acids is 1. The van der Waals surface area contributed by atoms with Crippen molar-refractivity contribution in [1.29, 1.82) is 0 Å². The number of hydrogen-bond donors (Lipinski definition) is 1. The van der Waals surface area contributed by atoms with Crippen molar-refractivity contribution < 1.29 is 13.2 Å². The summed E-state index contributed by atoms with van der Waals surface area (Å²) in [4.78, 5) is 15.9. The van der Waals surface area contributed by atoms with Crippen LogP contribution in [-0.2, 0) is 14.8 Å². The van der Waals surface area contributed by atoms with E-state index in [-0.39, 0.29) is 5.03 Å². The Hall–Kier alpha value is -1.43. The molecule has 6 heteroatoms. The molecule has 0 bridgehead atoms. The molecule has 1 rings (SSSR count). The van der Waals surface area contributed by atoms with Gasteiger partial charge in [-0.25, -0.2) is 9.71 Å². The SMILES string of the molecule is CCCC(C)(C)C(=O)NS(=O)(=O)c1ncccc1C. The third kappa shape index (κ3) is 3.76. The fourth-order valence-electron chi connectivity index (χ4n) is 1.80. The second kappa shape index (κ2) is 5.69. The highest BCUT2D eigenvalue weighted by atomic mass is 32.2. The standard InChI is InChI=1S/C13H20N2O3S/c1-5-8-13(3,4)12(16)15-19(17,18)11-10(2)7-6-9-14-11/h6-7,9H,5,8H2,1-4H3,(H,15,16). The molecule has 0 radical (unpaired) electrons. The van der Waals surface area contributed by atoms with Crippen LogP contribution in [-0.4, -0.2) is 19.3 Å². The molecule has 5 nitrogen and oxygen atoms in total. The monoisotopic (exact) mass is 284 g/mol. The van der Waals surface area contributed by atoms with Crippen molar-refractivity contribution in [2.75, 3.05) is 0 Å². The van der Waals surface area contributed by atoms with E-state index < -0.39 is 21.3 Å². The van der Waals surface area contributed by atoms with Crippen LogP contribution < -0.4 is 4.72 Å². The molecular weight excluding hydrogens is 264 g/mol. The summed E-state index contributed by atoms with van der Waals surface area (Å²) in [5.74, 6) is -0.501. The Balaban J connectivity index is 2.99. The number of amides is 1. The minimum absolute atomic E-state index is 0.101. The average Bonchev–Trinajstić information content (AvgIpc) is 2.28. The zero-order chi connectivity index (χ0) is 14.7. The van der Waals surface area contributed by atoms with E-state index >= 15 is 0 Å². The molecule has 1 aromatic rings. The summed E-state index contributed by atoms with van der Waals surface area (Å²) in [7, 11) is -3.90. The maximum atomic E-state index is 12.1. The molecule has 0 unspecified atom stereocenters. The highest BCUT2D eigenvalue weighted by Gasteiger charge is 2.31. The van der Waals surface area contributed by atoms with Gasteiger partial charge in [-0.3, -0.25) is 4.79 Å². The second-order valence-electron chi connectivity index (χ2n) is 5.19. The number of nitrogens with zero attached hydrogens (tertiary/aromatic N) is 1. The fraction of sp³-hybridized carbons (Fsp3) is 0.538. The van der Waals surface area contributed by atoms with Crippen molar-refractivity contribution in [3.63, 3.8) is 0 Å². The summed E-state index contributed by atoms with van der Waals surface area (Å²) in [6.45, 7) is 7.05. The van der Waals surface area contributed by atoms with Crippen molar-refractivity contribution in [3.05, 3.63) is 23.9 Å². The van der Waals surface area contributed by atoms with Gasteiger partial charge in [-0.2, -0.15) is 8.42 Å². The van der Waals surface area contributed by atoms with Gasteiger partial charge >= 0.3 is 0 Å². The lowest BCUT2D eigenvalue weighted by Gasteiger charge is -2.22. The molecule has 0 atom stereocenters. The Morgan fingerprint density at radius 1 is 1.42 bits per heavy atom. The predicted octanol–water partition coefficient (Wildman–Crippen LogP) is 2.02. The van der Waals surface area contributed by atoms with Crippen LogP contribution >= 0.6 is 0 Å². The normalized spacial score (nSPS) is 12.2. The van der Waals surface area contributed by atoms with Gasteiger partial charge in [-0.15, -0.1) is 0 Å². The molecule has 0 aliphatic heterocycles. The first-order valence-corrected chi connectivity index (χ1v) is 7.68. The van der Waals surface area contributed by atoms with Gasteiger partial charge in [-0.1, -0.05) is 33.3 Å². The highest BCUT2D eigenvalue weighted by molar-refractivity contribution is 7.90. The van der Waals surface area contributed by atoms with Crippen molar-refractivity contribution in [2.45, 2.75) is 45.6 Å². The Morgan fingerprint density at radius 3 is 2.58 bits per heavy atom. The predicted molar refractivity (Wildman–Crippen MR) is 73.0 cm³/mol. The van der Waals surface area contributed by atoms with E-state index in [1.807, 2.05) is 6.92 Å². The van der Waals surface area contributed by atoms with Crippen LogP contribution in [0, 0.1) is 12.3 Å². The van der Waals surface area contributed by atoms with Crippen LogP contribution in [0.5, 0.6) is 0 Å². The van der Waals surface area contributed by atoms with E-state index in [1.165, 1.54) is 6.20 Å². The molecule has 106 valence electrons. The lowest BCUT2D eigenvalue weighted by molar-refractivity contribution is -0.127. The number of carbonyl (C=O) groups is 1. The molecule has 0 aromatic carbocycles. The van der Waals surface area contributed by atoms with Crippen LogP contribution in [0.4, 0.5) is 0 Å². The summed E-state index contributed by atoms with van der Waals surface area (Å²) < 4.78 is 26.3. The number of hydrogen-bond acceptors (Lipinski definition) is 4. The van der Waals surface area contributed by atoms with Crippen LogP contribution in [0.1, 0.15) is 39.2 Å². The smallest absolute Gasteiger partial charge is 0.273 e. The molecule has 1 heterocycles. The van der Waals surface area contributed by atoms with E-state index in [2.05, 4.69) is 9.71 Å². The molecule has 19 heavy (non-hydrogen) atoms. The van der Waals surface area contributed by atoms with Crippen LogP contribution in [0.2, 0.25) is 0 Å². The molecule has 0 fully saturated rings. The topological polar surface area (TPSA) is 76.1 Å². The molecule has 1 aromatic heterocycles. The molecule has 1 N–H and O–H groups in total. The summed E-state index contributed by atoms with van der Waals surface area (Å²) in [6.07, 6.45) is 2.82. The van der Waals surface area contributed by atoms with Gasteiger partial charge in [0.15, 0.2) is 5.03 Å². The van der Waals surface area contributed by atoms with Crippen LogP contribution in [0.3, 0.4) is 0 Å². The van der Waals surface area contributed by atoms with E-state index in [1.54, 1.807) is 32.9 Å².